The normalized spacial score (nSPS) is 11.7. The largest absolute Gasteiger partial charge is 0.433 e. The summed E-state index contributed by atoms with van der Waals surface area (Å²) in [5.41, 5.74) is 0.318. The van der Waals surface area contributed by atoms with E-state index in [-0.39, 0.29) is 12.4 Å². The van der Waals surface area contributed by atoms with Gasteiger partial charge in [0.2, 0.25) is 5.28 Å². The van der Waals surface area contributed by atoms with Crippen molar-refractivity contribution in [3.8, 4) is 0 Å². The fraction of sp³-hybridized carbons (Fsp3) is 0.364. The van der Waals surface area contributed by atoms with E-state index >= 15 is 0 Å². The molecule has 0 spiro atoms. The summed E-state index contributed by atoms with van der Waals surface area (Å²) in [5.74, 6) is 0.573. The summed E-state index contributed by atoms with van der Waals surface area (Å²) in [6.45, 7) is 3.68. The molecule has 2 heterocycles. The minimum Gasteiger partial charge on any atom is -0.366 e. The van der Waals surface area contributed by atoms with Gasteiger partial charge in [0.25, 0.3) is 0 Å². The molecule has 0 saturated carbocycles. The molecule has 0 saturated heterocycles. The molecule has 0 aliphatic heterocycles. The SMILES string of the molecule is Cc1noc(C)c1CNc1cc(C(F)(F)F)nc(Cl)n1. The lowest BCUT2D eigenvalue weighted by Crippen LogP contribution is -2.11. The van der Waals surface area contributed by atoms with Crippen LogP contribution >= 0.6 is 11.6 Å². The second-order valence-corrected chi connectivity index (χ2v) is 4.40. The number of nitrogens with one attached hydrogen (secondary N) is 1. The maximum atomic E-state index is 12.6. The maximum Gasteiger partial charge on any atom is 0.433 e. The van der Waals surface area contributed by atoms with Crippen LogP contribution in [0.1, 0.15) is 22.7 Å². The van der Waals surface area contributed by atoms with Gasteiger partial charge in [0.1, 0.15) is 11.6 Å². The molecule has 0 radical (unpaired) electrons. The highest BCUT2D eigenvalue weighted by Gasteiger charge is 2.33. The number of rotatable bonds is 3. The standard InChI is InChI=1S/C11H10ClF3N4O/c1-5-7(6(2)20-19-5)4-16-9-3-8(11(13,14)15)17-10(12)18-9/h3H,4H2,1-2H3,(H,16,17,18). The highest BCUT2D eigenvalue weighted by Crippen LogP contribution is 2.29. The molecule has 0 aliphatic rings. The van der Waals surface area contributed by atoms with Crippen molar-refractivity contribution in [2.45, 2.75) is 26.6 Å². The van der Waals surface area contributed by atoms with Gasteiger partial charge in [0.05, 0.1) is 5.69 Å². The zero-order chi connectivity index (χ0) is 14.9. The number of hydrogen-bond acceptors (Lipinski definition) is 5. The van der Waals surface area contributed by atoms with Crippen LogP contribution in [0.5, 0.6) is 0 Å². The lowest BCUT2D eigenvalue weighted by atomic mass is 10.2. The zero-order valence-electron chi connectivity index (χ0n) is 10.5. The molecular weight excluding hydrogens is 297 g/mol. The van der Waals surface area contributed by atoms with Crippen molar-refractivity contribution in [2.24, 2.45) is 0 Å². The number of hydrogen-bond donors (Lipinski definition) is 1. The molecule has 0 aromatic carbocycles. The Hall–Kier alpha value is -1.83. The van der Waals surface area contributed by atoms with Gasteiger partial charge in [0.15, 0.2) is 5.69 Å². The van der Waals surface area contributed by atoms with Crippen molar-refractivity contribution in [1.29, 1.82) is 0 Å². The van der Waals surface area contributed by atoms with Crippen LogP contribution in [0, 0.1) is 13.8 Å². The van der Waals surface area contributed by atoms with Crippen LogP contribution in [-0.4, -0.2) is 15.1 Å². The van der Waals surface area contributed by atoms with Gasteiger partial charge in [0, 0.05) is 18.2 Å². The quantitative estimate of drug-likeness (QED) is 0.881. The summed E-state index contributed by atoms with van der Waals surface area (Å²) >= 11 is 5.49. The van der Waals surface area contributed by atoms with Gasteiger partial charge < -0.3 is 9.84 Å². The molecule has 0 unspecified atom stereocenters. The second-order valence-electron chi connectivity index (χ2n) is 4.06. The van der Waals surface area contributed by atoms with Crippen LogP contribution < -0.4 is 5.32 Å². The third-order valence-electron chi connectivity index (χ3n) is 2.62. The van der Waals surface area contributed by atoms with E-state index in [1.165, 1.54) is 0 Å². The van der Waals surface area contributed by atoms with Gasteiger partial charge in [-0.15, -0.1) is 0 Å². The fourth-order valence-corrected chi connectivity index (χ4v) is 1.77. The van der Waals surface area contributed by atoms with Gasteiger partial charge in [-0.3, -0.25) is 0 Å². The monoisotopic (exact) mass is 306 g/mol. The maximum absolute atomic E-state index is 12.6. The average Bonchev–Trinajstić information content (AvgIpc) is 2.65. The van der Waals surface area contributed by atoms with E-state index in [4.69, 9.17) is 16.1 Å². The highest BCUT2D eigenvalue weighted by atomic mass is 35.5. The highest BCUT2D eigenvalue weighted by molar-refractivity contribution is 6.28. The average molecular weight is 307 g/mol. The first kappa shape index (κ1) is 14.6. The number of aromatic nitrogens is 3. The molecule has 2 aromatic rings. The van der Waals surface area contributed by atoms with Crippen LogP contribution in [0.3, 0.4) is 0 Å². The Kier molecular flexibility index (Phi) is 3.85. The van der Waals surface area contributed by atoms with E-state index in [1.54, 1.807) is 13.8 Å². The van der Waals surface area contributed by atoms with E-state index in [0.717, 1.165) is 11.6 Å². The summed E-state index contributed by atoms with van der Waals surface area (Å²) in [5, 5.41) is 6.02. The Morgan fingerprint density at radius 1 is 1.30 bits per heavy atom. The van der Waals surface area contributed by atoms with E-state index in [9.17, 15) is 13.2 Å². The van der Waals surface area contributed by atoms with Crippen molar-refractivity contribution < 1.29 is 17.7 Å². The summed E-state index contributed by atoms with van der Waals surface area (Å²) in [6, 6.07) is 0.796. The minimum atomic E-state index is -4.58. The molecule has 1 N–H and O–H groups in total. The van der Waals surface area contributed by atoms with E-state index in [2.05, 4.69) is 20.4 Å². The third-order valence-corrected chi connectivity index (χ3v) is 2.79. The number of aryl methyl sites for hydroxylation is 2. The van der Waals surface area contributed by atoms with Gasteiger partial charge in [-0.25, -0.2) is 9.97 Å². The summed E-state index contributed by atoms with van der Waals surface area (Å²) in [4.78, 5) is 6.84. The molecule has 2 rings (SSSR count). The first-order valence-corrected chi connectivity index (χ1v) is 5.92. The predicted octanol–water partition coefficient (Wildman–Crippen LogP) is 3.37. The Labute approximate surface area is 117 Å². The minimum absolute atomic E-state index is 0.0164. The predicted molar refractivity (Wildman–Crippen MR) is 65.3 cm³/mol. The Morgan fingerprint density at radius 3 is 2.55 bits per heavy atom. The molecular formula is C11H10ClF3N4O. The molecule has 0 bridgehead atoms. The molecule has 2 aromatic heterocycles. The third kappa shape index (κ3) is 3.19. The van der Waals surface area contributed by atoms with Crippen LogP contribution in [0.25, 0.3) is 0 Å². The second kappa shape index (κ2) is 5.28. The Morgan fingerprint density at radius 2 is 2.00 bits per heavy atom. The van der Waals surface area contributed by atoms with E-state index in [0.29, 0.717) is 11.5 Å². The molecule has 5 nitrogen and oxygen atoms in total. The molecule has 0 amide bonds. The molecule has 9 heteroatoms. The smallest absolute Gasteiger partial charge is 0.366 e. The van der Waals surface area contributed by atoms with Crippen LogP contribution in [0.4, 0.5) is 19.0 Å². The van der Waals surface area contributed by atoms with Crippen LogP contribution in [0.15, 0.2) is 10.6 Å². The topological polar surface area (TPSA) is 63.8 Å². The van der Waals surface area contributed by atoms with E-state index < -0.39 is 17.2 Å². The number of anilines is 1. The first-order chi connectivity index (χ1) is 9.27. The molecule has 20 heavy (non-hydrogen) atoms. The molecule has 0 fully saturated rings. The van der Waals surface area contributed by atoms with Crippen LogP contribution in [-0.2, 0) is 12.7 Å². The van der Waals surface area contributed by atoms with Crippen molar-refractivity contribution in [3.63, 3.8) is 0 Å². The van der Waals surface area contributed by atoms with Gasteiger partial charge >= 0.3 is 6.18 Å². The summed E-state index contributed by atoms with van der Waals surface area (Å²) in [6.07, 6.45) is -4.58. The van der Waals surface area contributed by atoms with Crippen LogP contribution in [0.2, 0.25) is 5.28 Å². The van der Waals surface area contributed by atoms with E-state index in [1.807, 2.05) is 0 Å². The summed E-state index contributed by atoms with van der Waals surface area (Å²) < 4.78 is 42.7. The Balaban J connectivity index is 2.20. The van der Waals surface area contributed by atoms with Crippen molar-refractivity contribution >= 4 is 17.4 Å². The lowest BCUT2D eigenvalue weighted by molar-refractivity contribution is -0.141. The number of nitrogens with zero attached hydrogens (tertiary/aromatic N) is 3. The zero-order valence-corrected chi connectivity index (χ0v) is 11.3. The molecule has 0 aliphatic carbocycles. The lowest BCUT2D eigenvalue weighted by Gasteiger charge is -2.09. The molecule has 0 atom stereocenters. The number of alkyl halides is 3. The van der Waals surface area contributed by atoms with Crippen molar-refractivity contribution in [3.05, 3.63) is 34.1 Å². The fourth-order valence-electron chi connectivity index (χ4n) is 1.59. The molecule has 108 valence electrons. The van der Waals surface area contributed by atoms with Gasteiger partial charge in [-0.2, -0.15) is 13.2 Å². The van der Waals surface area contributed by atoms with Gasteiger partial charge in [-0.05, 0) is 25.4 Å². The Bertz CT molecular complexity index is 607. The van der Waals surface area contributed by atoms with Crippen molar-refractivity contribution in [2.75, 3.05) is 5.32 Å². The first-order valence-electron chi connectivity index (χ1n) is 5.55. The summed E-state index contributed by atoms with van der Waals surface area (Å²) in [7, 11) is 0. The number of halogens is 4. The van der Waals surface area contributed by atoms with Crippen molar-refractivity contribution in [1.82, 2.24) is 15.1 Å². The van der Waals surface area contributed by atoms with Gasteiger partial charge in [-0.1, -0.05) is 5.16 Å².